The van der Waals surface area contributed by atoms with Gasteiger partial charge in [0.25, 0.3) is 0 Å². The fourth-order valence-corrected chi connectivity index (χ4v) is 12.5. The Morgan fingerprint density at radius 2 is 1.24 bits per heavy atom. The Morgan fingerprint density at radius 1 is 0.694 bits per heavy atom. The normalized spacial score (nSPS) is 39.2. The van der Waals surface area contributed by atoms with Gasteiger partial charge in [-0.25, -0.2) is 0 Å². The zero-order valence-electron chi connectivity index (χ0n) is 50.3. The van der Waals surface area contributed by atoms with E-state index in [-0.39, 0.29) is 71.7 Å². The van der Waals surface area contributed by atoms with E-state index < -0.39 is 194 Å². The smallest absolute Gasteiger partial charge is 0.308 e. The number of fused-ring (bicyclic) bond motifs is 2. The van der Waals surface area contributed by atoms with Gasteiger partial charge in [0, 0.05) is 64.7 Å². The molecule has 5 heterocycles. The standard InChI is InChI=1S/C59H86O26/c1-22(2)58(70)85-57-29(9)78-43(21-59(57,11)71)82-37-18-40(74-25(5)49(37)66)81-36-19-42(75-26(6)48(36)65)84-56-33(55(73-13)52(69)47(64)24(4)60)15-31-14-32-16-35(23(3)46(63)44(32)50(67)45(31)51(56)68)80-41-20-38(54(28(8)77-41)79-30(10)61)83-39-17-34(62)53(72-12)27(7)76-39/h14,16,22,24-29,33-34,36-43,47-49,53-57,60,62-67,71H,15,17-21H2,1-13H3/t24-,25-,26-,27-,28-,29+,33?,34-,36-,37-,38-,39-,40+,41+,42+,43+,47+,48-,49-,53+,54+,55+,56?,57+,59+/m1/s1. The van der Waals surface area contributed by atoms with Gasteiger partial charge in [-0.05, 0) is 84.9 Å². The fourth-order valence-electron chi connectivity index (χ4n) is 12.5. The van der Waals surface area contributed by atoms with Gasteiger partial charge in [-0.1, -0.05) is 13.8 Å². The van der Waals surface area contributed by atoms with Gasteiger partial charge in [0.05, 0.1) is 71.8 Å². The maximum Gasteiger partial charge on any atom is 0.308 e. The summed E-state index contributed by atoms with van der Waals surface area (Å²) in [6, 6.07) is 3.04. The minimum Gasteiger partial charge on any atom is -0.507 e. The summed E-state index contributed by atoms with van der Waals surface area (Å²) in [5.74, 6) is -5.68. The molecule has 5 saturated heterocycles. The lowest BCUT2D eigenvalue weighted by Gasteiger charge is -2.47. The fraction of sp³-hybridized carbons (Fsp3) is 0.763. The molecular weight excluding hydrogens is 1120 g/mol. The van der Waals surface area contributed by atoms with Crippen LogP contribution >= 0.6 is 0 Å². The lowest BCUT2D eigenvalue weighted by molar-refractivity contribution is -0.334. The van der Waals surface area contributed by atoms with Gasteiger partial charge in [0.2, 0.25) is 6.29 Å². The molecule has 25 atom stereocenters. The second-order valence-corrected chi connectivity index (χ2v) is 24.1. The predicted molar refractivity (Wildman–Crippen MR) is 292 cm³/mol. The zero-order valence-corrected chi connectivity index (χ0v) is 50.3. The Hall–Kier alpha value is -4.30. The first-order valence-corrected chi connectivity index (χ1v) is 29.1. The Morgan fingerprint density at radius 3 is 1.80 bits per heavy atom. The number of benzene rings is 2. The molecule has 5 aliphatic heterocycles. The van der Waals surface area contributed by atoms with E-state index in [4.69, 9.17) is 66.3 Å². The molecule has 0 bridgehead atoms. The molecular formula is C59H86O26. The summed E-state index contributed by atoms with van der Waals surface area (Å²) in [4.78, 5) is 53.9. The van der Waals surface area contributed by atoms with Crippen LogP contribution in [0.4, 0.5) is 0 Å². The molecule has 8 rings (SSSR count). The highest BCUT2D eigenvalue weighted by Gasteiger charge is 2.53. The van der Waals surface area contributed by atoms with Crippen molar-refractivity contribution in [2.45, 2.75) is 262 Å². The van der Waals surface area contributed by atoms with Gasteiger partial charge in [-0.3, -0.25) is 19.2 Å². The molecule has 478 valence electrons. The van der Waals surface area contributed by atoms with Crippen molar-refractivity contribution in [2.24, 2.45) is 11.8 Å². The summed E-state index contributed by atoms with van der Waals surface area (Å²) in [5.41, 5.74) is -1.53. The SMILES string of the molecule is CO[C@@H]1[C@H](O)C[C@@H](O[C@@H]2C[C@H](Oc3cc4cc5c(c(O)c4c(O)c3C)C(=O)C(O[C@H]3C[C@@H](O[C@H]4C[C@@H](O[C@H]6C[C@](C)(O)[C@@H](OC(=O)C(C)C)[C@H](C)O6)[C@H](O)[C@@H](C)O4)[C@H](O)[C@@H](C)O3)C([C@H](OC)C(=O)[C@@H](O)[C@@H](C)O)C5)O[C@H](C)[C@@H]2OC(C)=O)O[C@@H]1C. The Kier molecular flexibility index (Phi) is 21.3. The van der Waals surface area contributed by atoms with Crippen molar-refractivity contribution in [3.05, 3.63) is 28.8 Å². The molecule has 85 heavy (non-hydrogen) atoms. The number of hydrogen-bond donors (Lipinski definition) is 8. The van der Waals surface area contributed by atoms with Crippen LogP contribution in [-0.2, 0) is 82.4 Å². The highest BCUT2D eigenvalue weighted by Crippen LogP contribution is 2.48. The highest BCUT2D eigenvalue weighted by atomic mass is 16.7. The molecule has 0 spiro atoms. The third-order valence-corrected chi connectivity index (χ3v) is 17.1. The lowest BCUT2D eigenvalue weighted by Crippen LogP contribution is -2.59. The van der Waals surface area contributed by atoms with Crippen LogP contribution in [0.25, 0.3) is 10.8 Å². The van der Waals surface area contributed by atoms with Crippen molar-refractivity contribution in [1.29, 1.82) is 0 Å². The Bertz CT molecular complexity index is 2670. The largest absolute Gasteiger partial charge is 0.507 e. The zero-order chi connectivity index (χ0) is 62.4. The number of rotatable bonds is 19. The number of aromatic hydroxyl groups is 2. The molecule has 0 aromatic heterocycles. The molecule has 2 aromatic carbocycles. The molecule has 26 nitrogen and oxygen atoms in total. The van der Waals surface area contributed by atoms with Crippen LogP contribution in [0.3, 0.4) is 0 Å². The molecule has 0 radical (unpaired) electrons. The van der Waals surface area contributed by atoms with E-state index in [2.05, 4.69) is 0 Å². The first-order valence-electron chi connectivity index (χ1n) is 29.1. The maximum atomic E-state index is 15.2. The number of aliphatic hydroxyl groups excluding tert-OH is 5. The molecule has 0 amide bonds. The molecule has 8 N–H and O–H groups in total. The number of phenolic OH excluding ortho intramolecular Hbond substituents is 2. The highest BCUT2D eigenvalue weighted by molar-refractivity contribution is 6.11. The van der Waals surface area contributed by atoms with Crippen LogP contribution in [0.5, 0.6) is 17.2 Å². The van der Waals surface area contributed by atoms with Gasteiger partial charge < -0.3 is 107 Å². The van der Waals surface area contributed by atoms with Gasteiger partial charge in [0.1, 0.15) is 65.6 Å². The number of ether oxygens (including phenoxy) is 14. The monoisotopic (exact) mass is 1210 g/mol. The van der Waals surface area contributed by atoms with Crippen molar-refractivity contribution in [2.75, 3.05) is 14.2 Å². The third-order valence-electron chi connectivity index (χ3n) is 17.1. The van der Waals surface area contributed by atoms with Gasteiger partial charge in [-0.2, -0.15) is 0 Å². The van der Waals surface area contributed by atoms with Crippen LogP contribution in [0.2, 0.25) is 0 Å². The Balaban J connectivity index is 1.03. The second kappa shape index (κ2) is 27.2. The van der Waals surface area contributed by atoms with E-state index in [0.29, 0.717) is 0 Å². The van der Waals surface area contributed by atoms with E-state index in [1.165, 1.54) is 61.0 Å². The van der Waals surface area contributed by atoms with Crippen LogP contribution in [0.15, 0.2) is 12.1 Å². The number of aliphatic hydroxyl groups is 6. The Labute approximate surface area is 493 Å². The molecule has 6 aliphatic rings. The predicted octanol–water partition coefficient (Wildman–Crippen LogP) is 2.18. The van der Waals surface area contributed by atoms with E-state index in [0.717, 1.165) is 0 Å². The summed E-state index contributed by atoms with van der Waals surface area (Å²) in [7, 11) is 2.65. The number of Topliss-reactive ketones (excluding diaryl/α,β-unsaturated/α-hetero) is 2. The van der Waals surface area contributed by atoms with Crippen LogP contribution in [0.1, 0.15) is 123 Å². The van der Waals surface area contributed by atoms with E-state index in [1.54, 1.807) is 41.5 Å². The van der Waals surface area contributed by atoms with Gasteiger partial charge in [-0.15, -0.1) is 0 Å². The molecule has 5 fully saturated rings. The molecule has 2 unspecified atom stereocenters. The number of esters is 2. The number of ketones is 2. The topological polar surface area (TPSA) is 359 Å². The first-order chi connectivity index (χ1) is 39.9. The van der Waals surface area contributed by atoms with Crippen molar-refractivity contribution < 1.29 is 126 Å². The number of hydrogen-bond acceptors (Lipinski definition) is 26. The quantitative estimate of drug-likeness (QED) is 0.0935. The maximum absolute atomic E-state index is 15.2. The van der Waals surface area contributed by atoms with Gasteiger partial charge >= 0.3 is 11.9 Å². The molecule has 0 saturated carbocycles. The second-order valence-electron chi connectivity index (χ2n) is 24.1. The lowest BCUT2D eigenvalue weighted by atomic mass is 9.75. The first kappa shape index (κ1) is 66.6. The van der Waals surface area contributed by atoms with Crippen LogP contribution < -0.4 is 4.74 Å². The number of carbonyl (C=O) groups is 4. The average Bonchev–Trinajstić information content (AvgIpc) is 1.54. The number of carbonyl (C=O) groups excluding carboxylic acids is 4. The summed E-state index contributed by atoms with van der Waals surface area (Å²) in [6.45, 7) is 17.0. The van der Waals surface area contributed by atoms with Gasteiger partial charge in [0.15, 0.2) is 48.9 Å². The van der Waals surface area contributed by atoms with E-state index >= 15 is 4.79 Å². The van der Waals surface area contributed by atoms with Crippen molar-refractivity contribution >= 4 is 34.3 Å². The average molecular weight is 1210 g/mol. The molecule has 26 heteroatoms. The van der Waals surface area contributed by atoms with E-state index in [9.17, 15) is 55.2 Å². The number of phenols is 2. The van der Waals surface area contributed by atoms with Crippen LogP contribution in [0, 0.1) is 18.8 Å². The molecule has 2 aromatic rings. The minimum absolute atomic E-state index is 0.0255. The third kappa shape index (κ3) is 14.4. The summed E-state index contributed by atoms with van der Waals surface area (Å²) >= 11 is 0. The van der Waals surface area contributed by atoms with Crippen LogP contribution in [-0.4, -0.2) is 225 Å². The van der Waals surface area contributed by atoms with Crippen molar-refractivity contribution in [3.8, 4) is 17.2 Å². The van der Waals surface area contributed by atoms with Crippen molar-refractivity contribution in [1.82, 2.24) is 0 Å². The van der Waals surface area contributed by atoms with Crippen molar-refractivity contribution in [3.63, 3.8) is 0 Å². The van der Waals surface area contributed by atoms with E-state index in [1.807, 2.05) is 0 Å². The summed E-state index contributed by atoms with van der Waals surface area (Å²) < 4.78 is 84.7. The number of methoxy groups -OCH3 is 2. The minimum atomic E-state index is -1.96. The molecule has 1 aliphatic carbocycles. The summed E-state index contributed by atoms with van der Waals surface area (Å²) in [6.07, 6.45) is -25.9. The summed E-state index contributed by atoms with van der Waals surface area (Å²) in [5, 5.41) is 90.4.